The normalized spacial score (nSPS) is 23.5. The fraction of sp³-hybridized carbons (Fsp3) is 0.565. The van der Waals surface area contributed by atoms with Gasteiger partial charge in [0.25, 0.3) is 0 Å². The summed E-state index contributed by atoms with van der Waals surface area (Å²) in [4.78, 5) is 23.3. The van der Waals surface area contributed by atoms with Crippen LogP contribution in [0, 0.1) is 5.92 Å². The van der Waals surface area contributed by atoms with Crippen molar-refractivity contribution in [1.29, 1.82) is 0 Å². The first kappa shape index (κ1) is 24.1. The zero-order valence-corrected chi connectivity index (χ0v) is 17.7. The number of aliphatic hydroxyl groups is 2. The molecule has 0 aromatic heterocycles. The van der Waals surface area contributed by atoms with Gasteiger partial charge in [0.05, 0.1) is 25.9 Å². The summed E-state index contributed by atoms with van der Waals surface area (Å²) in [5.41, 5.74) is -1.27. The molecule has 0 saturated heterocycles. The van der Waals surface area contributed by atoms with E-state index in [2.05, 4.69) is 4.74 Å². The Balaban J connectivity index is 1.80. The molecular weight excluding hydrogens is 388 g/mol. The number of para-hydroxylation sites is 1. The molecule has 1 saturated carbocycles. The Labute approximate surface area is 177 Å². The molecule has 0 heterocycles. The molecule has 7 heteroatoms. The van der Waals surface area contributed by atoms with E-state index in [1.807, 2.05) is 30.4 Å². The van der Waals surface area contributed by atoms with Gasteiger partial charge in [0.2, 0.25) is 0 Å². The monoisotopic (exact) mass is 420 g/mol. The van der Waals surface area contributed by atoms with Gasteiger partial charge in [-0.2, -0.15) is 0 Å². The molecule has 1 fully saturated rings. The van der Waals surface area contributed by atoms with Crippen molar-refractivity contribution in [2.75, 3.05) is 20.3 Å². The van der Waals surface area contributed by atoms with Crippen molar-refractivity contribution < 1.29 is 34.0 Å². The number of methoxy groups -OCH3 is 1. The predicted octanol–water partition coefficient (Wildman–Crippen LogP) is 2.44. The highest BCUT2D eigenvalue weighted by molar-refractivity contribution is 5.85. The third-order valence-corrected chi connectivity index (χ3v) is 5.02. The first-order valence-corrected chi connectivity index (χ1v) is 10.3. The fourth-order valence-corrected chi connectivity index (χ4v) is 3.32. The summed E-state index contributed by atoms with van der Waals surface area (Å²) in [7, 11) is 1.36. The zero-order valence-electron chi connectivity index (χ0n) is 17.7. The molecule has 0 bridgehead atoms. The van der Waals surface area contributed by atoms with Crippen molar-refractivity contribution in [3.8, 4) is 5.75 Å². The summed E-state index contributed by atoms with van der Waals surface area (Å²) >= 11 is 0. The zero-order chi connectivity index (χ0) is 22.0. The molecule has 0 amide bonds. The number of unbranched alkanes of at least 4 members (excludes halogenated alkanes) is 1. The number of aliphatic hydroxyl groups excluding tert-OH is 1. The SMILES string of the molecule is COC(=O)CCC/C=C\C[C@H]1C(=O)C[C@@H](O)[C@@H]1OC[C@@](C)(O)COc1ccccc1. The van der Waals surface area contributed by atoms with Crippen molar-refractivity contribution in [3.05, 3.63) is 42.5 Å². The number of hydrogen-bond acceptors (Lipinski definition) is 7. The summed E-state index contributed by atoms with van der Waals surface area (Å²) in [6, 6.07) is 9.15. The van der Waals surface area contributed by atoms with Crippen LogP contribution in [0.3, 0.4) is 0 Å². The number of benzene rings is 1. The fourth-order valence-electron chi connectivity index (χ4n) is 3.32. The van der Waals surface area contributed by atoms with Crippen LogP contribution in [0.15, 0.2) is 42.5 Å². The molecule has 7 nitrogen and oxygen atoms in total. The van der Waals surface area contributed by atoms with E-state index in [0.717, 1.165) is 0 Å². The van der Waals surface area contributed by atoms with Crippen LogP contribution in [0.25, 0.3) is 0 Å². The third kappa shape index (κ3) is 7.89. The summed E-state index contributed by atoms with van der Waals surface area (Å²) in [6.07, 6.45) is 4.47. The van der Waals surface area contributed by atoms with Crippen molar-refractivity contribution in [1.82, 2.24) is 0 Å². The van der Waals surface area contributed by atoms with E-state index >= 15 is 0 Å². The van der Waals surface area contributed by atoms with E-state index in [4.69, 9.17) is 9.47 Å². The average molecular weight is 421 g/mol. The molecule has 0 aliphatic heterocycles. The van der Waals surface area contributed by atoms with E-state index in [1.165, 1.54) is 7.11 Å². The topological polar surface area (TPSA) is 102 Å². The lowest BCUT2D eigenvalue weighted by Crippen LogP contribution is -2.41. The standard InChI is InChI=1S/C23H32O7/c1-23(27,15-29-17-10-6-5-7-11-17)16-30-22-18(19(24)14-20(22)25)12-8-3-4-9-13-21(26)28-2/h3,5-8,10-11,18,20,22,25,27H,4,9,12-16H2,1-2H3/b8-3-/t18-,20+,22+,23-/m0/s1. The number of carbonyl (C=O) groups is 2. The number of ether oxygens (including phenoxy) is 3. The summed E-state index contributed by atoms with van der Waals surface area (Å²) in [6.45, 7) is 1.56. The smallest absolute Gasteiger partial charge is 0.305 e. The van der Waals surface area contributed by atoms with Crippen molar-refractivity contribution >= 4 is 11.8 Å². The van der Waals surface area contributed by atoms with Crippen LogP contribution in [0.5, 0.6) is 5.75 Å². The molecular formula is C23H32O7. The van der Waals surface area contributed by atoms with Gasteiger partial charge >= 0.3 is 5.97 Å². The van der Waals surface area contributed by atoms with E-state index in [-0.39, 0.29) is 31.4 Å². The molecule has 1 aliphatic carbocycles. The number of Topliss-reactive ketones (excluding diaryl/α,β-unsaturated/α-hetero) is 1. The molecule has 166 valence electrons. The first-order chi connectivity index (χ1) is 14.3. The average Bonchev–Trinajstić information content (AvgIpc) is 3.00. The molecule has 1 aromatic carbocycles. The quantitative estimate of drug-likeness (QED) is 0.304. The largest absolute Gasteiger partial charge is 0.491 e. The molecule has 30 heavy (non-hydrogen) atoms. The second-order valence-electron chi connectivity index (χ2n) is 7.89. The minimum atomic E-state index is -1.27. The highest BCUT2D eigenvalue weighted by Crippen LogP contribution is 2.30. The number of rotatable bonds is 12. The van der Waals surface area contributed by atoms with Gasteiger partial charge < -0.3 is 24.4 Å². The molecule has 0 unspecified atom stereocenters. The molecule has 1 aromatic rings. The Morgan fingerprint density at radius 2 is 1.97 bits per heavy atom. The molecule has 4 atom stereocenters. The maximum atomic E-state index is 12.3. The van der Waals surface area contributed by atoms with Crippen LogP contribution in [0.2, 0.25) is 0 Å². The van der Waals surface area contributed by atoms with Gasteiger partial charge in [0.1, 0.15) is 23.7 Å². The van der Waals surface area contributed by atoms with Gasteiger partial charge in [-0.25, -0.2) is 0 Å². The minimum Gasteiger partial charge on any atom is -0.491 e. The minimum absolute atomic E-state index is 0.0263. The second-order valence-corrected chi connectivity index (χ2v) is 7.89. The number of hydrogen-bond donors (Lipinski definition) is 2. The maximum absolute atomic E-state index is 12.3. The Morgan fingerprint density at radius 3 is 2.67 bits per heavy atom. The highest BCUT2D eigenvalue weighted by atomic mass is 16.5. The number of ketones is 1. The number of esters is 1. The second kappa shape index (κ2) is 11.8. The molecule has 1 aliphatic rings. The van der Waals surface area contributed by atoms with Crippen LogP contribution >= 0.6 is 0 Å². The van der Waals surface area contributed by atoms with E-state index in [0.29, 0.717) is 31.4 Å². The van der Waals surface area contributed by atoms with Crippen molar-refractivity contribution in [2.45, 2.75) is 56.8 Å². The van der Waals surface area contributed by atoms with Gasteiger partial charge in [0, 0.05) is 18.8 Å². The van der Waals surface area contributed by atoms with E-state index < -0.39 is 23.7 Å². The number of allylic oxidation sites excluding steroid dienone is 2. The van der Waals surface area contributed by atoms with Crippen LogP contribution in [0.4, 0.5) is 0 Å². The molecule has 2 rings (SSSR count). The lowest BCUT2D eigenvalue weighted by Gasteiger charge is -2.28. The maximum Gasteiger partial charge on any atom is 0.305 e. The molecule has 0 radical (unpaired) electrons. The van der Waals surface area contributed by atoms with Gasteiger partial charge in [-0.1, -0.05) is 30.4 Å². The Morgan fingerprint density at radius 1 is 1.23 bits per heavy atom. The van der Waals surface area contributed by atoms with Gasteiger partial charge in [-0.3, -0.25) is 9.59 Å². The van der Waals surface area contributed by atoms with Crippen LogP contribution < -0.4 is 4.74 Å². The van der Waals surface area contributed by atoms with Gasteiger partial charge in [-0.05, 0) is 38.3 Å². The van der Waals surface area contributed by atoms with Crippen LogP contribution in [0.1, 0.15) is 39.0 Å². The van der Waals surface area contributed by atoms with Gasteiger partial charge in [-0.15, -0.1) is 0 Å². The first-order valence-electron chi connectivity index (χ1n) is 10.3. The summed E-state index contributed by atoms with van der Waals surface area (Å²) in [5, 5.41) is 20.8. The Bertz CT molecular complexity index is 699. The van der Waals surface area contributed by atoms with Crippen LogP contribution in [-0.2, 0) is 19.1 Å². The Hall–Kier alpha value is -2.22. The number of carbonyl (C=O) groups excluding carboxylic acids is 2. The van der Waals surface area contributed by atoms with Crippen molar-refractivity contribution in [2.24, 2.45) is 5.92 Å². The molecule has 0 spiro atoms. The lowest BCUT2D eigenvalue weighted by molar-refractivity contribution is -0.140. The molecule has 2 N–H and O–H groups in total. The van der Waals surface area contributed by atoms with Gasteiger partial charge in [0.15, 0.2) is 0 Å². The van der Waals surface area contributed by atoms with E-state index in [1.54, 1.807) is 19.1 Å². The highest BCUT2D eigenvalue weighted by Gasteiger charge is 2.42. The Kier molecular flexibility index (Phi) is 9.49. The summed E-state index contributed by atoms with van der Waals surface area (Å²) < 4.78 is 16.0. The summed E-state index contributed by atoms with van der Waals surface area (Å²) in [5.74, 6) is -0.104. The van der Waals surface area contributed by atoms with E-state index in [9.17, 15) is 19.8 Å². The third-order valence-electron chi connectivity index (χ3n) is 5.02. The lowest BCUT2D eigenvalue weighted by atomic mass is 9.99. The van der Waals surface area contributed by atoms with Crippen molar-refractivity contribution in [3.63, 3.8) is 0 Å². The van der Waals surface area contributed by atoms with Crippen LogP contribution in [-0.4, -0.2) is 60.1 Å². The predicted molar refractivity (Wildman–Crippen MR) is 111 cm³/mol.